The van der Waals surface area contributed by atoms with Gasteiger partial charge in [-0.1, -0.05) is 61.0 Å². The highest BCUT2D eigenvalue weighted by atomic mass is 35.5. The van der Waals surface area contributed by atoms with Crippen molar-refractivity contribution in [2.75, 3.05) is 27.5 Å². The molecule has 7 nitrogen and oxygen atoms in total. The number of hydrogen-bond acceptors (Lipinski definition) is 3. The van der Waals surface area contributed by atoms with Crippen LogP contribution in [0.4, 0.5) is 21.9 Å². The van der Waals surface area contributed by atoms with E-state index in [1.807, 2.05) is 78.9 Å². The summed E-state index contributed by atoms with van der Waals surface area (Å²) >= 11 is 5.98. The highest BCUT2D eigenvalue weighted by Crippen LogP contribution is 2.43. The number of benzene rings is 3. The molecule has 2 aliphatic rings. The average Bonchev–Trinajstić information content (AvgIpc) is 3.39. The summed E-state index contributed by atoms with van der Waals surface area (Å²) in [7, 11) is 0. The van der Waals surface area contributed by atoms with Gasteiger partial charge in [-0.15, -0.1) is 11.6 Å². The summed E-state index contributed by atoms with van der Waals surface area (Å²) in [6.45, 7) is 0.904. The number of alkyl halides is 1. The van der Waals surface area contributed by atoms with Crippen molar-refractivity contribution in [2.45, 2.75) is 38.3 Å². The molecule has 1 aliphatic carbocycles. The van der Waals surface area contributed by atoms with Gasteiger partial charge in [0.15, 0.2) is 0 Å². The maximum atomic E-state index is 13.8. The highest BCUT2D eigenvalue weighted by molar-refractivity contribution is 6.30. The van der Waals surface area contributed by atoms with Gasteiger partial charge in [0, 0.05) is 18.3 Å². The van der Waals surface area contributed by atoms with E-state index in [1.165, 1.54) is 5.56 Å². The van der Waals surface area contributed by atoms with E-state index in [-0.39, 0.29) is 35.7 Å². The van der Waals surface area contributed by atoms with Gasteiger partial charge in [0.1, 0.15) is 5.88 Å². The standard InChI is InChI=1S/C30H31ClN4O3/c31-19-28(36)35-25-12-6-9-24(25)29(37)34(26-10-4-5-11-27(26)35)20-22-13-15-23(16-14-22)33-30(38)32-18-17-21-7-2-1-3-8-21/h1-5,7-8,10-11,13-16,24-25H,6,9,12,17-20H2,(H2,32,33,38). The van der Waals surface area contributed by atoms with E-state index in [9.17, 15) is 14.4 Å². The van der Waals surface area contributed by atoms with Crippen molar-refractivity contribution >= 4 is 46.5 Å². The topological polar surface area (TPSA) is 81.8 Å². The number of anilines is 3. The number of halogens is 1. The lowest BCUT2D eigenvalue weighted by atomic mass is 10.0. The van der Waals surface area contributed by atoms with Crippen LogP contribution >= 0.6 is 11.6 Å². The molecule has 4 amide bonds. The number of hydrogen-bond donors (Lipinski definition) is 2. The molecule has 2 atom stereocenters. The van der Waals surface area contributed by atoms with E-state index < -0.39 is 0 Å². The number of urea groups is 1. The maximum Gasteiger partial charge on any atom is 0.319 e. The normalized spacial score (nSPS) is 18.4. The average molecular weight is 531 g/mol. The van der Waals surface area contributed by atoms with Crippen LogP contribution in [0.5, 0.6) is 0 Å². The van der Waals surface area contributed by atoms with Crippen molar-refractivity contribution in [3.8, 4) is 0 Å². The van der Waals surface area contributed by atoms with E-state index >= 15 is 0 Å². The number of rotatable bonds is 7. The van der Waals surface area contributed by atoms with Crippen LogP contribution in [0.25, 0.3) is 0 Å². The van der Waals surface area contributed by atoms with Gasteiger partial charge in [0.2, 0.25) is 11.8 Å². The lowest BCUT2D eigenvalue weighted by Crippen LogP contribution is -2.45. The zero-order chi connectivity index (χ0) is 26.5. The second-order valence-corrected chi connectivity index (χ2v) is 10.00. The van der Waals surface area contributed by atoms with E-state index in [1.54, 1.807) is 9.80 Å². The van der Waals surface area contributed by atoms with Crippen molar-refractivity contribution in [3.63, 3.8) is 0 Å². The fourth-order valence-corrected chi connectivity index (χ4v) is 5.62. The molecule has 3 aromatic carbocycles. The Bertz CT molecular complexity index is 1300. The van der Waals surface area contributed by atoms with Gasteiger partial charge in [0.05, 0.1) is 23.8 Å². The lowest BCUT2D eigenvalue weighted by Gasteiger charge is -2.30. The fourth-order valence-electron chi connectivity index (χ4n) is 5.49. The SMILES string of the molecule is O=C(NCCc1ccccc1)Nc1ccc(CN2C(=O)C3CCCC3N(C(=O)CCl)c3ccccc32)cc1. The first-order chi connectivity index (χ1) is 18.5. The summed E-state index contributed by atoms with van der Waals surface area (Å²) in [6.07, 6.45) is 3.20. The predicted octanol–water partition coefficient (Wildman–Crippen LogP) is 5.34. The van der Waals surface area contributed by atoms with Gasteiger partial charge in [-0.2, -0.15) is 0 Å². The number of para-hydroxylation sites is 2. The molecule has 1 fully saturated rings. The molecule has 0 radical (unpaired) electrons. The van der Waals surface area contributed by atoms with Gasteiger partial charge >= 0.3 is 6.03 Å². The molecule has 5 rings (SSSR count). The number of fused-ring (bicyclic) bond motifs is 2. The molecule has 0 bridgehead atoms. The predicted molar refractivity (Wildman–Crippen MR) is 151 cm³/mol. The molecular weight excluding hydrogens is 500 g/mol. The zero-order valence-corrected chi connectivity index (χ0v) is 21.9. The van der Waals surface area contributed by atoms with Crippen molar-refractivity contribution in [2.24, 2.45) is 5.92 Å². The fraction of sp³-hybridized carbons (Fsp3) is 0.300. The number of carbonyl (C=O) groups excluding carboxylic acids is 3. The molecule has 196 valence electrons. The summed E-state index contributed by atoms with van der Waals surface area (Å²) in [5, 5.41) is 5.74. The molecule has 0 saturated heterocycles. The number of nitrogens with one attached hydrogen (secondary N) is 2. The van der Waals surface area contributed by atoms with Gasteiger partial charge in [-0.25, -0.2) is 4.79 Å². The smallest absolute Gasteiger partial charge is 0.319 e. The van der Waals surface area contributed by atoms with E-state index in [0.29, 0.717) is 24.5 Å². The van der Waals surface area contributed by atoms with Crippen LogP contribution in [-0.2, 0) is 22.6 Å². The minimum Gasteiger partial charge on any atom is -0.338 e. The number of nitrogens with zero attached hydrogens (tertiary/aromatic N) is 2. The molecular formula is C30H31ClN4O3. The van der Waals surface area contributed by atoms with E-state index in [4.69, 9.17) is 11.6 Å². The van der Waals surface area contributed by atoms with Gasteiger partial charge in [0.25, 0.3) is 0 Å². The molecule has 0 spiro atoms. The Labute approximate surface area is 227 Å². The van der Waals surface area contributed by atoms with Crippen LogP contribution in [0.2, 0.25) is 0 Å². The molecule has 1 heterocycles. The highest BCUT2D eigenvalue weighted by Gasteiger charge is 2.45. The zero-order valence-electron chi connectivity index (χ0n) is 21.1. The number of amides is 4. The van der Waals surface area contributed by atoms with Crippen molar-refractivity contribution < 1.29 is 14.4 Å². The van der Waals surface area contributed by atoms with Crippen LogP contribution in [-0.4, -0.2) is 36.3 Å². The van der Waals surface area contributed by atoms with E-state index in [0.717, 1.165) is 36.9 Å². The summed E-state index contributed by atoms with van der Waals surface area (Å²) in [5.74, 6) is -0.525. The lowest BCUT2D eigenvalue weighted by molar-refractivity contribution is -0.122. The summed E-state index contributed by atoms with van der Waals surface area (Å²) in [6, 6.07) is 24.6. The second-order valence-electron chi connectivity index (χ2n) is 9.73. The van der Waals surface area contributed by atoms with Crippen LogP contribution < -0.4 is 20.4 Å². The number of carbonyl (C=O) groups is 3. The van der Waals surface area contributed by atoms with Gasteiger partial charge in [-0.3, -0.25) is 9.59 Å². The molecule has 1 saturated carbocycles. The quantitative estimate of drug-likeness (QED) is 0.405. The monoisotopic (exact) mass is 530 g/mol. The Kier molecular flexibility index (Phi) is 7.94. The summed E-state index contributed by atoms with van der Waals surface area (Å²) in [4.78, 5) is 42.5. The van der Waals surface area contributed by atoms with Crippen LogP contribution in [0.3, 0.4) is 0 Å². The third kappa shape index (κ3) is 5.53. The van der Waals surface area contributed by atoms with Crippen molar-refractivity contribution in [1.82, 2.24) is 5.32 Å². The van der Waals surface area contributed by atoms with E-state index in [2.05, 4.69) is 10.6 Å². The Morgan fingerprint density at radius 1 is 0.868 bits per heavy atom. The Balaban J connectivity index is 1.28. The largest absolute Gasteiger partial charge is 0.338 e. The Morgan fingerprint density at radius 3 is 2.32 bits per heavy atom. The Morgan fingerprint density at radius 2 is 1.58 bits per heavy atom. The molecule has 8 heteroatoms. The minimum atomic E-state index is -0.262. The van der Waals surface area contributed by atoms with Gasteiger partial charge in [-0.05, 0) is 54.7 Å². The molecule has 1 aliphatic heterocycles. The Hall–Kier alpha value is -3.84. The molecule has 2 N–H and O–H groups in total. The maximum absolute atomic E-state index is 13.8. The summed E-state index contributed by atoms with van der Waals surface area (Å²) in [5.41, 5.74) is 4.20. The van der Waals surface area contributed by atoms with Crippen molar-refractivity contribution in [1.29, 1.82) is 0 Å². The molecule has 0 aromatic heterocycles. The van der Waals surface area contributed by atoms with Gasteiger partial charge < -0.3 is 20.4 Å². The first-order valence-corrected chi connectivity index (χ1v) is 13.5. The summed E-state index contributed by atoms with van der Waals surface area (Å²) < 4.78 is 0. The molecule has 2 unspecified atom stereocenters. The first-order valence-electron chi connectivity index (χ1n) is 13.0. The molecule has 3 aromatic rings. The second kappa shape index (κ2) is 11.7. The van der Waals surface area contributed by atoms with Crippen LogP contribution in [0.1, 0.15) is 30.4 Å². The van der Waals surface area contributed by atoms with Crippen molar-refractivity contribution in [3.05, 3.63) is 90.0 Å². The third-order valence-electron chi connectivity index (χ3n) is 7.30. The van der Waals surface area contributed by atoms with Crippen LogP contribution in [0, 0.1) is 5.92 Å². The molecule has 38 heavy (non-hydrogen) atoms. The minimum absolute atomic E-state index is 0.0322. The third-order valence-corrected chi connectivity index (χ3v) is 7.53. The van der Waals surface area contributed by atoms with Crippen LogP contribution in [0.15, 0.2) is 78.9 Å². The first kappa shape index (κ1) is 25.8.